The average Bonchev–Trinajstić information content (AvgIpc) is 3.58. The van der Waals surface area contributed by atoms with Crippen molar-refractivity contribution in [2.75, 3.05) is 52.5 Å². The van der Waals surface area contributed by atoms with Crippen LogP contribution >= 0.6 is 0 Å². The number of hydrogen-bond donors (Lipinski definition) is 2. The maximum atomic E-state index is 13.4. The van der Waals surface area contributed by atoms with Gasteiger partial charge in [0.1, 0.15) is 5.60 Å². The molecule has 0 saturated carbocycles. The number of hydrogen-bond acceptors (Lipinski definition) is 5. The van der Waals surface area contributed by atoms with E-state index in [4.69, 9.17) is 9.47 Å². The fourth-order valence-electron chi connectivity index (χ4n) is 5.94. The number of ether oxygens (including phenoxy) is 2. The first-order chi connectivity index (χ1) is 16.1. The van der Waals surface area contributed by atoms with Crippen molar-refractivity contribution in [1.82, 2.24) is 20.1 Å². The standard InChI is InChI=1S/C25H30N4O4/c30-23(26-8-10-28-11-13-32-14-12-28)21-20-5-7-25(33-20)16-29(24(31)22(21)25)9-6-17-15-27-19-4-2-1-3-18(17)19/h1-5,7,15,20-22,27H,6,8-14,16H2,(H,26,30)/t20-,21?,22?,25+/m1/s1. The quantitative estimate of drug-likeness (QED) is 0.614. The van der Waals surface area contributed by atoms with E-state index in [9.17, 15) is 9.59 Å². The molecule has 1 aromatic carbocycles. The molecule has 3 fully saturated rings. The Morgan fingerprint density at radius 2 is 2.06 bits per heavy atom. The van der Waals surface area contributed by atoms with Crippen LogP contribution < -0.4 is 5.32 Å². The number of aromatic nitrogens is 1. The summed E-state index contributed by atoms with van der Waals surface area (Å²) in [5, 5.41) is 4.26. The normalized spacial score (nSPS) is 31.0. The second-order valence-corrected chi connectivity index (χ2v) is 9.51. The fourth-order valence-corrected chi connectivity index (χ4v) is 5.94. The Kier molecular flexibility index (Phi) is 5.24. The van der Waals surface area contributed by atoms with Crippen molar-refractivity contribution in [2.24, 2.45) is 11.8 Å². The number of aromatic amines is 1. The molecule has 0 radical (unpaired) electrons. The van der Waals surface area contributed by atoms with Gasteiger partial charge >= 0.3 is 0 Å². The molecule has 3 saturated heterocycles. The van der Waals surface area contributed by atoms with Gasteiger partial charge in [0.15, 0.2) is 0 Å². The molecule has 5 heterocycles. The first-order valence-electron chi connectivity index (χ1n) is 11.9. The van der Waals surface area contributed by atoms with E-state index in [1.165, 1.54) is 10.9 Å². The number of likely N-dealkylation sites (tertiary alicyclic amines) is 1. The summed E-state index contributed by atoms with van der Waals surface area (Å²) in [7, 11) is 0. The zero-order chi connectivity index (χ0) is 22.4. The fraction of sp³-hybridized carbons (Fsp3) is 0.520. The highest BCUT2D eigenvalue weighted by Gasteiger charge is 2.66. The van der Waals surface area contributed by atoms with Crippen molar-refractivity contribution >= 4 is 22.7 Å². The van der Waals surface area contributed by atoms with Gasteiger partial charge < -0.3 is 24.7 Å². The van der Waals surface area contributed by atoms with Crippen LogP contribution in [0.15, 0.2) is 42.6 Å². The molecule has 4 aliphatic heterocycles. The molecular weight excluding hydrogens is 420 g/mol. The molecule has 0 aliphatic carbocycles. The highest BCUT2D eigenvalue weighted by Crippen LogP contribution is 2.51. The van der Waals surface area contributed by atoms with Crippen molar-refractivity contribution in [2.45, 2.75) is 18.1 Å². The second-order valence-electron chi connectivity index (χ2n) is 9.51. The van der Waals surface area contributed by atoms with Gasteiger partial charge in [0.05, 0.1) is 37.7 Å². The van der Waals surface area contributed by atoms with Gasteiger partial charge in [-0.2, -0.15) is 0 Å². The van der Waals surface area contributed by atoms with Crippen molar-refractivity contribution in [3.8, 4) is 0 Å². The Balaban J connectivity index is 1.10. The van der Waals surface area contributed by atoms with Gasteiger partial charge in [-0.25, -0.2) is 0 Å². The Hall–Kier alpha value is -2.68. The van der Waals surface area contributed by atoms with Crippen LogP contribution in [0, 0.1) is 11.8 Å². The summed E-state index contributed by atoms with van der Waals surface area (Å²) >= 11 is 0. The maximum Gasteiger partial charge on any atom is 0.230 e. The lowest BCUT2D eigenvalue weighted by Gasteiger charge is -2.27. The van der Waals surface area contributed by atoms with Crippen molar-refractivity contribution in [3.63, 3.8) is 0 Å². The number of para-hydroxylation sites is 1. The predicted molar refractivity (Wildman–Crippen MR) is 123 cm³/mol. The van der Waals surface area contributed by atoms with Crippen LogP contribution in [0.25, 0.3) is 10.9 Å². The van der Waals surface area contributed by atoms with E-state index in [1.54, 1.807) is 0 Å². The van der Waals surface area contributed by atoms with E-state index in [0.717, 1.165) is 44.8 Å². The van der Waals surface area contributed by atoms with Crippen LogP contribution in [0.4, 0.5) is 0 Å². The summed E-state index contributed by atoms with van der Waals surface area (Å²) in [4.78, 5) is 34.0. The molecule has 2 N–H and O–H groups in total. The summed E-state index contributed by atoms with van der Waals surface area (Å²) in [6.45, 7) is 5.77. The van der Waals surface area contributed by atoms with Crippen molar-refractivity contribution < 1.29 is 19.1 Å². The lowest BCUT2D eigenvalue weighted by molar-refractivity contribution is -0.137. The topological polar surface area (TPSA) is 86.9 Å². The first kappa shape index (κ1) is 20.9. The summed E-state index contributed by atoms with van der Waals surface area (Å²) in [5.74, 6) is -0.921. The Morgan fingerprint density at radius 1 is 1.21 bits per heavy atom. The molecule has 1 spiro atoms. The van der Waals surface area contributed by atoms with Crippen LogP contribution in [0.5, 0.6) is 0 Å². The van der Waals surface area contributed by atoms with Crippen LogP contribution in [0.3, 0.4) is 0 Å². The number of morpholine rings is 1. The second kappa shape index (κ2) is 8.27. The number of amides is 2. The summed E-state index contributed by atoms with van der Waals surface area (Å²) in [6, 6.07) is 8.21. The third-order valence-electron chi connectivity index (χ3n) is 7.64. The molecule has 8 heteroatoms. The van der Waals surface area contributed by atoms with Crippen LogP contribution in [-0.4, -0.2) is 90.8 Å². The Labute approximate surface area is 192 Å². The van der Waals surface area contributed by atoms with Crippen molar-refractivity contribution in [3.05, 3.63) is 48.2 Å². The minimum Gasteiger partial charge on any atom is -0.379 e. The molecule has 8 nitrogen and oxygen atoms in total. The third-order valence-corrected chi connectivity index (χ3v) is 7.64. The molecule has 2 amide bonds. The number of rotatable bonds is 7. The van der Waals surface area contributed by atoms with E-state index in [-0.39, 0.29) is 17.9 Å². The number of carbonyl (C=O) groups is 2. The van der Waals surface area contributed by atoms with Gasteiger partial charge in [-0.3, -0.25) is 14.5 Å². The van der Waals surface area contributed by atoms with E-state index in [0.29, 0.717) is 19.6 Å². The monoisotopic (exact) mass is 450 g/mol. The number of H-pyrrole nitrogens is 1. The number of nitrogens with zero attached hydrogens (tertiary/aromatic N) is 2. The van der Waals surface area contributed by atoms with Crippen LogP contribution in [-0.2, 0) is 25.5 Å². The molecule has 33 heavy (non-hydrogen) atoms. The van der Waals surface area contributed by atoms with Crippen molar-refractivity contribution in [1.29, 1.82) is 0 Å². The summed E-state index contributed by atoms with van der Waals surface area (Å²) in [6.07, 6.45) is 6.47. The molecule has 4 aliphatic rings. The molecule has 2 aromatic rings. The molecular formula is C25H30N4O4. The maximum absolute atomic E-state index is 13.4. The van der Waals surface area contributed by atoms with Gasteiger partial charge in [-0.05, 0) is 18.1 Å². The third kappa shape index (κ3) is 3.57. The molecule has 6 rings (SSSR count). The van der Waals surface area contributed by atoms with Gasteiger partial charge in [-0.1, -0.05) is 30.4 Å². The summed E-state index contributed by atoms with van der Waals surface area (Å²) < 4.78 is 11.6. The Bertz CT molecular complexity index is 1090. The summed E-state index contributed by atoms with van der Waals surface area (Å²) in [5.41, 5.74) is 1.65. The molecule has 1 aromatic heterocycles. The van der Waals surface area contributed by atoms with Gasteiger partial charge in [0.2, 0.25) is 11.8 Å². The van der Waals surface area contributed by atoms with Crippen LogP contribution in [0.2, 0.25) is 0 Å². The lowest BCUT2D eigenvalue weighted by atomic mass is 9.77. The first-order valence-corrected chi connectivity index (χ1v) is 11.9. The van der Waals surface area contributed by atoms with Gasteiger partial charge in [0, 0.05) is 49.8 Å². The minimum absolute atomic E-state index is 0.0371. The molecule has 2 unspecified atom stereocenters. The predicted octanol–water partition coefficient (Wildman–Crippen LogP) is 0.941. The number of benzene rings is 1. The van der Waals surface area contributed by atoms with E-state index >= 15 is 0 Å². The largest absolute Gasteiger partial charge is 0.379 e. The number of carbonyl (C=O) groups excluding carboxylic acids is 2. The number of fused-ring (bicyclic) bond motifs is 2. The van der Waals surface area contributed by atoms with Crippen LogP contribution in [0.1, 0.15) is 5.56 Å². The Morgan fingerprint density at radius 3 is 2.94 bits per heavy atom. The minimum atomic E-state index is -0.659. The average molecular weight is 451 g/mol. The SMILES string of the molecule is O=C(NCCN1CCOCC1)C1C2C(=O)N(CCc3c[nH]c4ccccc34)C[C@@]23C=C[C@H]1O3. The van der Waals surface area contributed by atoms with E-state index in [2.05, 4.69) is 27.3 Å². The zero-order valence-corrected chi connectivity index (χ0v) is 18.7. The molecule has 2 bridgehead atoms. The molecule has 174 valence electrons. The number of nitrogens with one attached hydrogen (secondary N) is 2. The van der Waals surface area contributed by atoms with E-state index < -0.39 is 17.4 Å². The smallest absolute Gasteiger partial charge is 0.230 e. The van der Waals surface area contributed by atoms with Gasteiger partial charge in [-0.15, -0.1) is 0 Å². The highest BCUT2D eigenvalue weighted by molar-refractivity contribution is 5.93. The lowest BCUT2D eigenvalue weighted by Crippen LogP contribution is -2.47. The highest BCUT2D eigenvalue weighted by atomic mass is 16.5. The van der Waals surface area contributed by atoms with E-state index in [1.807, 2.05) is 35.4 Å². The van der Waals surface area contributed by atoms with Gasteiger partial charge in [0.25, 0.3) is 0 Å². The zero-order valence-electron chi connectivity index (χ0n) is 18.7. The molecule has 4 atom stereocenters.